The Labute approximate surface area is 215 Å². The fourth-order valence-electron chi connectivity index (χ4n) is 3.66. The van der Waals surface area contributed by atoms with Crippen LogP contribution < -0.4 is 4.74 Å². The molecule has 2 rings (SSSR count). The molecule has 35 heavy (non-hydrogen) atoms. The lowest BCUT2D eigenvalue weighted by Crippen LogP contribution is -2.37. The fraction of sp³-hybridized carbons (Fsp3) is 0.517. The molecule has 192 valence electrons. The molecule has 0 aliphatic carbocycles. The molecule has 0 aliphatic heterocycles. The molecule has 0 radical (unpaired) electrons. The van der Waals surface area contributed by atoms with Gasteiger partial charge in [0.15, 0.2) is 5.60 Å². The number of ether oxygens (including phenoxy) is 1. The van der Waals surface area contributed by atoms with E-state index in [1.54, 1.807) is 12.1 Å². The van der Waals surface area contributed by atoms with Crippen molar-refractivity contribution in [2.45, 2.75) is 90.6 Å². The summed E-state index contributed by atoms with van der Waals surface area (Å²) in [7, 11) is 0. The molecule has 0 saturated carbocycles. The number of carboxylic acids is 1. The SMILES string of the molecule is CCCCCCCCCCCCO/N=C(/c1ccc(Cl)cc1)c1ccc(OC(C)(C)C(=O)O)cc1. The molecule has 0 saturated heterocycles. The Morgan fingerprint density at radius 2 is 1.31 bits per heavy atom. The van der Waals surface area contributed by atoms with Gasteiger partial charge in [0.2, 0.25) is 0 Å². The van der Waals surface area contributed by atoms with Gasteiger partial charge in [0.25, 0.3) is 0 Å². The van der Waals surface area contributed by atoms with Crippen LogP contribution in [-0.2, 0) is 9.63 Å². The van der Waals surface area contributed by atoms with Crippen LogP contribution in [0.4, 0.5) is 0 Å². The molecule has 0 bridgehead atoms. The van der Waals surface area contributed by atoms with Crippen molar-refractivity contribution in [2.24, 2.45) is 5.16 Å². The molecule has 0 unspecified atom stereocenters. The number of nitrogens with zero attached hydrogens (tertiary/aromatic N) is 1. The largest absolute Gasteiger partial charge is 0.478 e. The molecule has 2 aromatic rings. The molecule has 0 aromatic heterocycles. The van der Waals surface area contributed by atoms with E-state index in [-0.39, 0.29) is 0 Å². The zero-order chi connectivity index (χ0) is 25.5. The number of aliphatic carboxylic acids is 1. The molecule has 0 aliphatic rings. The summed E-state index contributed by atoms with van der Waals surface area (Å²) in [6.45, 7) is 5.86. The minimum atomic E-state index is -1.31. The topological polar surface area (TPSA) is 68.1 Å². The van der Waals surface area contributed by atoms with E-state index in [0.29, 0.717) is 23.1 Å². The Kier molecular flexibility index (Phi) is 12.7. The van der Waals surface area contributed by atoms with Crippen LogP contribution in [0.15, 0.2) is 53.7 Å². The van der Waals surface area contributed by atoms with Crippen molar-refractivity contribution < 1.29 is 19.5 Å². The molecule has 0 heterocycles. The summed E-state index contributed by atoms with van der Waals surface area (Å²) >= 11 is 6.06. The summed E-state index contributed by atoms with van der Waals surface area (Å²) in [6.07, 6.45) is 12.7. The summed E-state index contributed by atoms with van der Waals surface area (Å²) in [5.41, 5.74) is 1.11. The number of carboxylic acid groups (broad SMARTS) is 1. The van der Waals surface area contributed by atoms with Gasteiger partial charge in [0.05, 0.1) is 0 Å². The number of carbonyl (C=O) groups is 1. The van der Waals surface area contributed by atoms with Crippen LogP contribution in [0.5, 0.6) is 5.75 Å². The van der Waals surface area contributed by atoms with E-state index in [1.165, 1.54) is 65.2 Å². The van der Waals surface area contributed by atoms with E-state index in [1.807, 2.05) is 36.4 Å². The van der Waals surface area contributed by atoms with Crippen molar-refractivity contribution in [1.29, 1.82) is 0 Å². The third kappa shape index (κ3) is 10.7. The van der Waals surface area contributed by atoms with Gasteiger partial charge in [0, 0.05) is 16.1 Å². The van der Waals surface area contributed by atoms with Crippen LogP contribution in [0, 0.1) is 0 Å². The highest BCUT2D eigenvalue weighted by Gasteiger charge is 2.29. The summed E-state index contributed by atoms with van der Waals surface area (Å²) in [5, 5.41) is 14.4. The van der Waals surface area contributed by atoms with Crippen LogP contribution in [0.1, 0.15) is 96.1 Å². The summed E-state index contributed by atoms with van der Waals surface area (Å²) in [4.78, 5) is 17.0. The second-order valence-corrected chi connectivity index (χ2v) is 9.84. The molecule has 5 nitrogen and oxygen atoms in total. The minimum Gasteiger partial charge on any atom is -0.478 e. The van der Waals surface area contributed by atoms with Crippen LogP contribution >= 0.6 is 11.6 Å². The first-order valence-corrected chi connectivity index (χ1v) is 13.2. The van der Waals surface area contributed by atoms with Crippen molar-refractivity contribution >= 4 is 23.3 Å². The number of halogens is 1. The van der Waals surface area contributed by atoms with Crippen molar-refractivity contribution in [3.63, 3.8) is 0 Å². The van der Waals surface area contributed by atoms with Crippen LogP contribution in [0.2, 0.25) is 5.02 Å². The van der Waals surface area contributed by atoms with E-state index < -0.39 is 11.6 Å². The lowest BCUT2D eigenvalue weighted by molar-refractivity contribution is -0.152. The van der Waals surface area contributed by atoms with E-state index in [0.717, 1.165) is 24.0 Å². The van der Waals surface area contributed by atoms with E-state index in [4.69, 9.17) is 21.2 Å². The minimum absolute atomic E-state index is 0.475. The maximum atomic E-state index is 11.3. The van der Waals surface area contributed by atoms with Gasteiger partial charge in [-0.3, -0.25) is 0 Å². The molecule has 6 heteroatoms. The third-order valence-electron chi connectivity index (χ3n) is 5.88. The number of benzene rings is 2. The second-order valence-electron chi connectivity index (χ2n) is 9.40. The van der Waals surface area contributed by atoms with Gasteiger partial charge in [-0.1, -0.05) is 87.2 Å². The monoisotopic (exact) mass is 501 g/mol. The lowest BCUT2D eigenvalue weighted by Gasteiger charge is -2.21. The predicted octanol–water partition coefficient (Wildman–Crippen LogP) is 8.27. The van der Waals surface area contributed by atoms with Crippen LogP contribution in [0.3, 0.4) is 0 Å². The maximum absolute atomic E-state index is 11.3. The predicted molar refractivity (Wildman–Crippen MR) is 144 cm³/mol. The van der Waals surface area contributed by atoms with Gasteiger partial charge >= 0.3 is 5.97 Å². The number of oxime groups is 1. The molecule has 1 N–H and O–H groups in total. The van der Waals surface area contributed by atoms with E-state index in [2.05, 4.69) is 12.1 Å². The molecule has 2 aromatic carbocycles. The maximum Gasteiger partial charge on any atom is 0.347 e. The van der Waals surface area contributed by atoms with Crippen molar-refractivity contribution in [3.8, 4) is 5.75 Å². The normalized spacial score (nSPS) is 11.9. The molecule has 0 spiro atoms. The summed E-state index contributed by atoms with van der Waals surface area (Å²) in [5.74, 6) is -0.548. The zero-order valence-corrected chi connectivity index (χ0v) is 22.2. The van der Waals surface area contributed by atoms with Crippen molar-refractivity contribution in [1.82, 2.24) is 0 Å². The Hall–Kier alpha value is -2.53. The van der Waals surface area contributed by atoms with E-state index in [9.17, 15) is 9.90 Å². The number of hydrogen-bond acceptors (Lipinski definition) is 4. The van der Waals surface area contributed by atoms with Gasteiger partial charge in [-0.05, 0) is 63.1 Å². The molecular weight excluding hydrogens is 462 g/mol. The molecule has 0 atom stereocenters. The third-order valence-corrected chi connectivity index (χ3v) is 6.13. The molecule has 0 amide bonds. The highest BCUT2D eigenvalue weighted by molar-refractivity contribution is 6.30. The lowest BCUT2D eigenvalue weighted by atomic mass is 10.0. The Balaban J connectivity index is 1.90. The van der Waals surface area contributed by atoms with Crippen molar-refractivity contribution in [2.75, 3.05) is 6.61 Å². The number of rotatable bonds is 17. The fourth-order valence-corrected chi connectivity index (χ4v) is 3.79. The van der Waals surface area contributed by atoms with Gasteiger partial charge < -0.3 is 14.7 Å². The quantitative estimate of drug-likeness (QED) is 0.134. The van der Waals surface area contributed by atoms with E-state index >= 15 is 0 Å². The van der Waals surface area contributed by atoms with Gasteiger partial charge in [-0.25, -0.2) is 4.79 Å². The van der Waals surface area contributed by atoms with Gasteiger partial charge in [-0.2, -0.15) is 0 Å². The average molecular weight is 502 g/mol. The van der Waals surface area contributed by atoms with Crippen molar-refractivity contribution in [3.05, 3.63) is 64.7 Å². The van der Waals surface area contributed by atoms with Crippen LogP contribution in [-0.4, -0.2) is 29.0 Å². The Morgan fingerprint density at radius 3 is 1.83 bits per heavy atom. The highest BCUT2D eigenvalue weighted by atomic mass is 35.5. The molecular formula is C29H40ClNO4. The summed E-state index contributed by atoms with van der Waals surface area (Å²) < 4.78 is 5.61. The van der Waals surface area contributed by atoms with Crippen LogP contribution in [0.25, 0.3) is 0 Å². The van der Waals surface area contributed by atoms with Gasteiger partial charge in [0.1, 0.15) is 18.1 Å². The Morgan fingerprint density at radius 1 is 0.829 bits per heavy atom. The van der Waals surface area contributed by atoms with Gasteiger partial charge in [-0.15, -0.1) is 0 Å². The zero-order valence-electron chi connectivity index (χ0n) is 21.4. The highest BCUT2D eigenvalue weighted by Crippen LogP contribution is 2.22. The first-order valence-electron chi connectivity index (χ1n) is 12.8. The average Bonchev–Trinajstić information content (AvgIpc) is 2.83. The first kappa shape index (κ1) is 28.7. The second kappa shape index (κ2) is 15.5. The number of hydrogen-bond donors (Lipinski definition) is 1. The number of unbranched alkanes of at least 4 members (excludes halogenated alkanes) is 9. The first-order chi connectivity index (χ1) is 16.8. The Bertz CT molecular complexity index is 907. The molecule has 0 fully saturated rings. The smallest absolute Gasteiger partial charge is 0.347 e. The standard InChI is InChI=1S/C29H40ClNO4/c1-4-5-6-7-8-9-10-11-12-13-22-34-31-27(23-14-18-25(30)19-15-23)24-16-20-26(21-17-24)35-29(2,3)28(32)33/h14-21H,4-13,22H2,1-3H3,(H,32,33)/b31-27-. The summed E-state index contributed by atoms with van der Waals surface area (Å²) in [6, 6.07) is 14.6.